The molecule has 0 aliphatic heterocycles. The topological polar surface area (TPSA) is 12.0 Å². The van der Waals surface area contributed by atoms with Crippen LogP contribution in [0.25, 0.3) is 0 Å². The summed E-state index contributed by atoms with van der Waals surface area (Å²) in [6, 6.07) is 3.22. The molecule has 0 fully saturated rings. The summed E-state index contributed by atoms with van der Waals surface area (Å²) < 4.78 is 25.9. The van der Waals surface area contributed by atoms with Crippen LogP contribution in [0.2, 0.25) is 0 Å². The van der Waals surface area contributed by atoms with Crippen molar-refractivity contribution in [2.75, 3.05) is 7.05 Å². The van der Waals surface area contributed by atoms with Crippen LogP contribution in [0.1, 0.15) is 18.0 Å². The van der Waals surface area contributed by atoms with Crippen LogP contribution in [-0.2, 0) is 0 Å². The molecule has 1 unspecified atom stereocenters. The van der Waals surface area contributed by atoms with E-state index in [-0.39, 0.29) is 6.04 Å². The Morgan fingerprint density at radius 2 is 2.21 bits per heavy atom. The number of halogens is 2. The van der Waals surface area contributed by atoms with Gasteiger partial charge in [-0.05, 0) is 13.1 Å². The van der Waals surface area contributed by atoms with Gasteiger partial charge < -0.3 is 5.32 Å². The molecule has 0 amide bonds. The van der Waals surface area contributed by atoms with Crippen LogP contribution in [0.3, 0.4) is 0 Å². The molecule has 74 valence electrons. The number of hydrogen-bond acceptors (Lipinski definition) is 1. The average molecular weight is 195 g/mol. The lowest BCUT2D eigenvalue weighted by molar-refractivity contribution is 0.529. The third kappa shape index (κ3) is 2.30. The molecule has 1 aromatic carbocycles. The number of benzene rings is 1. The van der Waals surface area contributed by atoms with Gasteiger partial charge in [-0.25, -0.2) is 8.78 Å². The SMILES string of the molecule is C#CCC(NC)c1ccc(F)cc1F. The zero-order chi connectivity index (χ0) is 10.6. The molecule has 0 aliphatic rings. The average Bonchev–Trinajstić information content (AvgIpc) is 2.15. The van der Waals surface area contributed by atoms with Gasteiger partial charge in [-0.1, -0.05) is 6.07 Å². The lowest BCUT2D eigenvalue weighted by atomic mass is 10.0. The van der Waals surface area contributed by atoms with Gasteiger partial charge in [-0.15, -0.1) is 12.3 Å². The number of rotatable bonds is 3. The second-order valence-corrected chi connectivity index (χ2v) is 2.92. The summed E-state index contributed by atoms with van der Waals surface area (Å²) in [5, 5.41) is 2.87. The summed E-state index contributed by atoms with van der Waals surface area (Å²) in [5.74, 6) is 1.28. The highest BCUT2D eigenvalue weighted by atomic mass is 19.1. The lowest BCUT2D eigenvalue weighted by Gasteiger charge is -2.14. The summed E-state index contributed by atoms with van der Waals surface area (Å²) in [6.07, 6.45) is 5.51. The Balaban J connectivity index is 2.99. The van der Waals surface area contributed by atoms with E-state index in [4.69, 9.17) is 6.42 Å². The van der Waals surface area contributed by atoms with Crippen molar-refractivity contribution in [2.45, 2.75) is 12.5 Å². The molecular weight excluding hydrogens is 184 g/mol. The maximum Gasteiger partial charge on any atom is 0.130 e. The summed E-state index contributed by atoms with van der Waals surface area (Å²) >= 11 is 0. The van der Waals surface area contributed by atoms with E-state index in [1.165, 1.54) is 12.1 Å². The van der Waals surface area contributed by atoms with Gasteiger partial charge in [0.1, 0.15) is 11.6 Å². The van der Waals surface area contributed by atoms with Gasteiger partial charge >= 0.3 is 0 Å². The fraction of sp³-hybridized carbons (Fsp3) is 0.273. The molecule has 0 aromatic heterocycles. The Hall–Kier alpha value is -1.40. The van der Waals surface area contributed by atoms with E-state index in [0.717, 1.165) is 6.07 Å². The molecule has 0 aliphatic carbocycles. The van der Waals surface area contributed by atoms with Crippen molar-refractivity contribution in [2.24, 2.45) is 0 Å². The molecule has 1 N–H and O–H groups in total. The van der Waals surface area contributed by atoms with Gasteiger partial charge in [0.15, 0.2) is 0 Å². The van der Waals surface area contributed by atoms with Gasteiger partial charge in [0.2, 0.25) is 0 Å². The van der Waals surface area contributed by atoms with E-state index in [1.54, 1.807) is 7.05 Å². The van der Waals surface area contributed by atoms with Crippen LogP contribution in [-0.4, -0.2) is 7.05 Å². The number of nitrogens with one attached hydrogen (secondary N) is 1. The van der Waals surface area contributed by atoms with E-state index < -0.39 is 11.6 Å². The molecule has 1 rings (SSSR count). The summed E-state index contributed by atoms with van der Waals surface area (Å²) in [7, 11) is 1.69. The van der Waals surface area contributed by atoms with Gasteiger partial charge in [0.25, 0.3) is 0 Å². The van der Waals surface area contributed by atoms with Gasteiger partial charge in [-0.2, -0.15) is 0 Å². The van der Waals surface area contributed by atoms with Crippen molar-refractivity contribution >= 4 is 0 Å². The van der Waals surface area contributed by atoms with Crippen molar-refractivity contribution < 1.29 is 8.78 Å². The van der Waals surface area contributed by atoms with E-state index >= 15 is 0 Å². The second-order valence-electron chi connectivity index (χ2n) is 2.92. The monoisotopic (exact) mass is 195 g/mol. The molecule has 0 saturated carbocycles. The Morgan fingerprint density at radius 1 is 1.50 bits per heavy atom. The molecule has 3 heteroatoms. The van der Waals surface area contributed by atoms with Gasteiger partial charge in [0.05, 0.1) is 0 Å². The fourth-order valence-corrected chi connectivity index (χ4v) is 1.27. The first-order valence-electron chi connectivity index (χ1n) is 4.24. The first-order valence-corrected chi connectivity index (χ1v) is 4.24. The van der Waals surface area contributed by atoms with Gasteiger partial charge in [0, 0.05) is 24.1 Å². The summed E-state index contributed by atoms with van der Waals surface area (Å²) in [5.41, 5.74) is 0.395. The maximum absolute atomic E-state index is 13.3. The molecule has 0 bridgehead atoms. The molecule has 14 heavy (non-hydrogen) atoms. The maximum atomic E-state index is 13.3. The van der Waals surface area contributed by atoms with E-state index in [1.807, 2.05) is 0 Å². The van der Waals surface area contributed by atoms with Crippen molar-refractivity contribution in [1.29, 1.82) is 0 Å². The smallest absolute Gasteiger partial charge is 0.130 e. The third-order valence-corrected chi connectivity index (χ3v) is 2.01. The molecule has 0 spiro atoms. The Kier molecular flexibility index (Phi) is 3.61. The van der Waals surface area contributed by atoms with Crippen molar-refractivity contribution in [1.82, 2.24) is 5.32 Å². The van der Waals surface area contributed by atoms with Crippen molar-refractivity contribution in [3.8, 4) is 12.3 Å². The highest BCUT2D eigenvalue weighted by Crippen LogP contribution is 2.19. The van der Waals surface area contributed by atoms with E-state index in [2.05, 4.69) is 11.2 Å². The zero-order valence-electron chi connectivity index (χ0n) is 7.85. The molecule has 0 radical (unpaired) electrons. The molecule has 0 heterocycles. The standard InChI is InChI=1S/C11H11F2N/c1-3-4-11(14-2)9-6-5-8(12)7-10(9)13/h1,5-7,11,14H,4H2,2H3. The minimum absolute atomic E-state index is 0.263. The van der Waals surface area contributed by atoms with Crippen LogP contribution in [0.15, 0.2) is 18.2 Å². The quantitative estimate of drug-likeness (QED) is 0.729. The summed E-state index contributed by atoms with van der Waals surface area (Å²) in [4.78, 5) is 0. The van der Waals surface area contributed by atoms with Crippen molar-refractivity contribution in [3.05, 3.63) is 35.4 Å². The van der Waals surface area contributed by atoms with Crippen LogP contribution >= 0.6 is 0 Å². The second kappa shape index (κ2) is 4.73. The van der Waals surface area contributed by atoms with Crippen molar-refractivity contribution in [3.63, 3.8) is 0 Å². The first kappa shape index (κ1) is 10.7. The molecule has 0 saturated heterocycles. The van der Waals surface area contributed by atoms with Crippen LogP contribution < -0.4 is 5.32 Å². The summed E-state index contributed by atoms with van der Waals surface area (Å²) in [6.45, 7) is 0. The predicted octanol–water partition coefficient (Wildman–Crippen LogP) is 2.25. The largest absolute Gasteiger partial charge is 0.312 e. The highest BCUT2D eigenvalue weighted by molar-refractivity contribution is 5.23. The third-order valence-electron chi connectivity index (χ3n) is 2.01. The lowest BCUT2D eigenvalue weighted by Crippen LogP contribution is -2.17. The highest BCUT2D eigenvalue weighted by Gasteiger charge is 2.12. The normalized spacial score (nSPS) is 12.1. The number of terminal acetylenes is 1. The fourth-order valence-electron chi connectivity index (χ4n) is 1.27. The molecular formula is C11H11F2N. The van der Waals surface area contributed by atoms with Crippen LogP contribution in [0.4, 0.5) is 8.78 Å². The Morgan fingerprint density at radius 3 is 2.71 bits per heavy atom. The van der Waals surface area contributed by atoms with Crippen LogP contribution in [0, 0.1) is 24.0 Å². The Labute approximate surface area is 82.1 Å². The molecule has 1 aromatic rings. The molecule has 1 nitrogen and oxygen atoms in total. The molecule has 1 atom stereocenters. The van der Waals surface area contributed by atoms with E-state index in [0.29, 0.717) is 12.0 Å². The van der Waals surface area contributed by atoms with E-state index in [9.17, 15) is 8.78 Å². The minimum Gasteiger partial charge on any atom is -0.312 e. The van der Waals surface area contributed by atoms with Gasteiger partial charge in [-0.3, -0.25) is 0 Å². The first-order chi connectivity index (χ1) is 6.69. The minimum atomic E-state index is -0.582. The number of hydrogen-bond donors (Lipinski definition) is 1. The van der Waals surface area contributed by atoms with Crippen LogP contribution in [0.5, 0.6) is 0 Å². The zero-order valence-corrected chi connectivity index (χ0v) is 7.85. The Bertz CT molecular complexity index is 355. The predicted molar refractivity (Wildman–Crippen MR) is 51.6 cm³/mol.